The minimum atomic E-state index is -0.711. The smallest absolute Gasteiger partial charge is 0.362 e. The Balaban J connectivity index is 2.62. The van der Waals surface area contributed by atoms with Gasteiger partial charge >= 0.3 is 11.6 Å². The lowest BCUT2D eigenvalue weighted by molar-refractivity contribution is -0.386. The maximum Gasteiger partial charge on any atom is 0.362 e. The van der Waals surface area contributed by atoms with Gasteiger partial charge in [0.25, 0.3) is 5.91 Å². The summed E-state index contributed by atoms with van der Waals surface area (Å²) >= 11 is 0. The second-order valence-electron chi connectivity index (χ2n) is 3.52. The molecule has 1 heterocycles. The number of aromatic nitrogens is 2. The lowest BCUT2D eigenvalue weighted by Crippen LogP contribution is -2.26. The molecule has 0 aliphatic rings. The van der Waals surface area contributed by atoms with Crippen molar-refractivity contribution in [2.75, 3.05) is 26.9 Å². The van der Waals surface area contributed by atoms with Crippen LogP contribution in [0.1, 0.15) is 23.8 Å². The number of hydrogen-bond donors (Lipinski definition) is 2. The van der Waals surface area contributed by atoms with Gasteiger partial charge < -0.3 is 14.8 Å². The highest BCUT2D eigenvalue weighted by Crippen LogP contribution is 2.27. The third-order valence-corrected chi connectivity index (χ3v) is 2.27. The summed E-state index contributed by atoms with van der Waals surface area (Å²) in [5.74, 6) is -0.816. The van der Waals surface area contributed by atoms with Crippen LogP contribution in [0, 0.1) is 10.1 Å². The zero-order chi connectivity index (χ0) is 14.3. The van der Waals surface area contributed by atoms with E-state index >= 15 is 0 Å². The van der Waals surface area contributed by atoms with Crippen LogP contribution in [0.15, 0.2) is 0 Å². The van der Waals surface area contributed by atoms with Crippen LogP contribution in [-0.4, -0.2) is 47.9 Å². The molecule has 1 amide bonds. The Labute approximate surface area is 109 Å². The number of amides is 1. The quantitative estimate of drug-likeness (QED) is 0.403. The molecule has 0 unspecified atom stereocenters. The zero-order valence-electron chi connectivity index (χ0n) is 10.8. The van der Waals surface area contributed by atoms with E-state index in [4.69, 9.17) is 9.47 Å². The second kappa shape index (κ2) is 7.31. The summed E-state index contributed by atoms with van der Waals surface area (Å²) < 4.78 is 9.82. The maximum atomic E-state index is 11.7. The molecule has 1 aromatic rings. The molecule has 0 radical (unpaired) electrons. The fraction of sp³-hybridized carbons (Fsp3) is 0.600. The second-order valence-corrected chi connectivity index (χ2v) is 3.52. The molecule has 0 aromatic carbocycles. The third kappa shape index (κ3) is 3.91. The van der Waals surface area contributed by atoms with Gasteiger partial charge in [0.2, 0.25) is 5.69 Å². The van der Waals surface area contributed by atoms with Crippen LogP contribution in [0.25, 0.3) is 0 Å². The Hall–Kier alpha value is -2.16. The molecule has 0 spiro atoms. The molecule has 0 saturated heterocycles. The van der Waals surface area contributed by atoms with Crippen LogP contribution >= 0.6 is 0 Å². The van der Waals surface area contributed by atoms with Crippen molar-refractivity contribution in [3.8, 4) is 5.88 Å². The van der Waals surface area contributed by atoms with Gasteiger partial charge in [0, 0.05) is 19.8 Å². The minimum absolute atomic E-state index is 0.218. The van der Waals surface area contributed by atoms with Gasteiger partial charge in [0.15, 0.2) is 0 Å². The van der Waals surface area contributed by atoms with Crippen molar-refractivity contribution in [1.82, 2.24) is 15.5 Å². The molecule has 0 fully saturated rings. The van der Waals surface area contributed by atoms with Crippen LogP contribution < -0.4 is 10.1 Å². The number of nitrogens with one attached hydrogen (secondary N) is 2. The largest absolute Gasteiger partial charge is 0.475 e. The summed E-state index contributed by atoms with van der Waals surface area (Å²) in [6.07, 6.45) is 0.624. The molecule has 0 aliphatic heterocycles. The molecule has 19 heavy (non-hydrogen) atoms. The number of carbonyl (C=O) groups is 1. The molecule has 9 heteroatoms. The van der Waals surface area contributed by atoms with Gasteiger partial charge in [0.05, 0.1) is 12.0 Å². The fourth-order valence-corrected chi connectivity index (χ4v) is 1.40. The van der Waals surface area contributed by atoms with Gasteiger partial charge in [0.1, 0.15) is 0 Å². The van der Waals surface area contributed by atoms with E-state index in [0.29, 0.717) is 26.2 Å². The number of aromatic amines is 1. The number of rotatable bonds is 8. The molecule has 9 nitrogen and oxygen atoms in total. The molecule has 0 saturated carbocycles. The Morgan fingerprint density at radius 2 is 2.32 bits per heavy atom. The Morgan fingerprint density at radius 3 is 2.89 bits per heavy atom. The van der Waals surface area contributed by atoms with E-state index in [0.717, 1.165) is 0 Å². The van der Waals surface area contributed by atoms with Gasteiger partial charge in [-0.05, 0) is 13.3 Å². The van der Waals surface area contributed by atoms with Crippen molar-refractivity contribution in [1.29, 1.82) is 0 Å². The van der Waals surface area contributed by atoms with Gasteiger partial charge in [-0.2, -0.15) is 0 Å². The average Bonchev–Trinajstić information content (AvgIpc) is 2.82. The highest BCUT2D eigenvalue weighted by Gasteiger charge is 2.29. The molecule has 106 valence electrons. The first-order valence-electron chi connectivity index (χ1n) is 5.74. The van der Waals surface area contributed by atoms with Crippen LogP contribution in [0.3, 0.4) is 0 Å². The molecule has 1 rings (SSSR count). The van der Waals surface area contributed by atoms with Crippen molar-refractivity contribution in [3.63, 3.8) is 0 Å². The average molecular weight is 272 g/mol. The lowest BCUT2D eigenvalue weighted by Gasteiger charge is -2.03. The highest BCUT2D eigenvalue weighted by atomic mass is 16.6. The van der Waals surface area contributed by atoms with Crippen molar-refractivity contribution in [3.05, 3.63) is 15.8 Å². The van der Waals surface area contributed by atoms with Crippen molar-refractivity contribution in [2.24, 2.45) is 0 Å². The number of hydrogen-bond acceptors (Lipinski definition) is 6. The van der Waals surface area contributed by atoms with Crippen LogP contribution in [0.2, 0.25) is 0 Å². The monoisotopic (exact) mass is 272 g/mol. The zero-order valence-corrected chi connectivity index (χ0v) is 10.8. The first-order chi connectivity index (χ1) is 9.11. The normalized spacial score (nSPS) is 10.2. The predicted octanol–water partition coefficient (Wildman–Crippen LogP) is 0.483. The van der Waals surface area contributed by atoms with Crippen molar-refractivity contribution in [2.45, 2.75) is 13.3 Å². The van der Waals surface area contributed by atoms with E-state index in [1.165, 1.54) is 7.11 Å². The van der Waals surface area contributed by atoms with E-state index in [-0.39, 0.29) is 11.6 Å². The predicted molar refractivity (Wildman–Crippen MR) is 65.2 cm³/mol. The highest BCUT2D eigenvalue weighted by molar-refractivity contribution is 5.97. The lowest BCUT2D eigenvalue weighted by atomic mass is 10.3. The van der Waals surface area contributed by atoms with E-state index in [1.54, 1.807) is 0 Å². The van der Waals surface area contributed by atoms with Crippen LogP contribution in [-0.2, 0) is 4.74 Å². The van der Waals surface area contributed by atoms with Crippen LogP contribution in [0.5, 0.6) is 5.88 Å². The number of nitro groups is 1. The van der Waals surface area contributed by atoms with Gasteiger partial charge in [-0.15, -0.1) is 5.10 Å². The molecule has 0 bridgehead atoms. The van der Waals surface area contributed by atoms with Gasteiger partial charge in [-0.1, -0.05) is 0 Å². The molecule has 1 aromatic heterocycles. The Kier molecular flexibility index (Phi) is 5.73. The number of methoxy groups -OCH3 is 1. The number of ether oxygens (including phenoxy) is 2. The van der Waals surface area contributed by atoms with Crippen LogP contribution in [0.4, 0.5) is 5.69 Å². The fourth-order valence-electron chi connectivity index (χ4n) is 1.40. The number of H-pyrrole nitrogens is 1. The maximum absolute atomic E-state index is 11.7. The summed E-state index contributed by atoms with van der Waals surface area (Å²) in [7, 11) is 1.24. The topological polar surface area (TPSA) is 119 Å². The first-order valence-corrected chi connectivity index (χ1v) is 5.74. The summed E-state index contributed by atoms with van der Waals surface area (Å²) in [6.45, 7) is 3.36. The van der Waals surface area contributed by atoms with Crippen molar-refractivity contribution >= 4 is 11.6 Å². The van der Waals surface area contributed by atoms with Gasteiger partial charge in [-0.3, -0.25) is 20.0 Å². The Morgan fingerprint density at radius 1 is 1.58 bits per heavy atom. The Bertz CT molecular complexity index is 445. The summed E-state index contributed by atoms with van der Waals surface area (Å²) in [6, 6.07) is 0. The van der Waals surface area contributed by atoms with Crippen molar-refractivity contribution < 1.29 is 19.2 Å². The molecular weight excluding hydrogens is 256 g/mol. The number of nitrogens with zero attached hydrogens (tertiary/aromatic N) is 2. The first kappa shape index (κ1) is 14.9. The standard InChI is InChI=1S/C10H16N4O5/c1-3-19-6-4-5-11-9(15)7-8(14(16)17)10(18-2)13-12-7/h3-6H2,1-2H3,(H,11,15)(H,12,13). The molecule has 0 atom stereocenters. The molecular formula is C10H16N4O5. The third-order valence-electron chi connectivity index (χ3n) is 2.27. The molecule has 2 N–H and O–H groups in total. The van der Waals surface area contributed by atoms with E-state index in [1.807, 2.05) is 6.92 Å². The molecule has 0 aliphatic carbocycles. The SMILES string of the molecule is CCOCCCNC(=O)c1[nH]nc(OC)c1[N+](=O)[O-]. The summed E-state index contributed by atoms with van der Waals surface area (Å²) in [4.78, 5) is 21.9. The van der Waals surface area contributed by atoms with E-state index < -0.39 is 16.5 Å². The summed E-state index contributed by atoms with van der Waals surface area (Å²) in [5, 5.41) is 19.2. The van der Waals surface area contributed by atoms with Gasteiger partial charge in [-0.25, -0.2) is 0 Å². The summed E-state index contributed by atoms with van der Waals surface area (Å²) in [5.41, 5.74) is -0.692. The van der Waals surface area contributed by atoms with E-state index in [2.05, 4.69) is 15.5 Å². The van der Waals surface area contributed by atoms with E-state index in [9.17, 15) is 14.9 Å². The minimum Gasteiger partial charge on any atom is -0.475 e. The number of carbonyl (C=O) groups excluding carboxylic acids is 1.